The number of rotatable bonds is 2. The van der Waals surface area contributed by atoms with Gasteiger partial charge in [-0.25, -0.2) is 0 Å². The zero-order valence-electron chi connectivity index (χ0n) is 16.7. The predicted octanol–water partition coefficient (Wildman–Crippen LogP) is 6.47. The van der Waals surface area contributed by atoms with Gasteiger partial charge in [0.15, 0.2) is 11.4 Å². The average Bonchev–Trinajstić information content (AvgIpc) is 2.55. The molecule has 148 valence electrons. The molecule has 0 aliphatic rings. The van der Waals surface area contributed by atoms with E-state index in [1.165, 1.54) is 44.9 Å². The van der Waals surface area contributed by atoms with Crippen LogP contribution >= 0.6 is 0 Å². The lowest BCUT2D eigenvalue weighted by molar-refractivity contribution is -0.610. The first-order chi connectivity index (χ1) is 13.0. The monoisotopic (exact) mass is 389 g/mol. The summed E-state index contributed by atoms with van der Waals surface area (Å²) in [5, 5.41) is 0. The highest BCUT2D eigenvalue weighted by atomic mass is 19.5. The van der Waals surface area contributed by atoms with Gasteiger partial charge in [-0.05, 0) is 44.0 Å². The molecule has 1 nitrogen and oxygen atoms in total. The Bertz CT molecular complexity index is 914. The van der Waals surface area contributed by atoms with Crippen LogP contribution in [-0.2, 0) is 0 Å². The van der Waals surface area contributed by atoms with Crippen molar-refractivity contribution < 1.29 is 21.8 Å². The first-order valence-electron chi connectivity index (χ1n) is 9.01. The highest BCUT2D eigenvalue weighted by molar-refractivity contribution is 6.50. The number of hydrogen-bond acceptors (Lipinski definition) is 0. The molecule has 0 saturated carbocycles. The van der Waals surface area contributed by atoms with Gasteiger partial charge in [0.25, 0.3) is 0 Å². The second kappa shape index (κ2) is 8.59. The lowest BCUT2D eigenvalue weighted by Crippen LogP contribution is -2.39. The molecule has 2 aromatic carbocycles. The number of aromatic nitrogens is 1. The van der Waals surface area contributed by atoms with Crippen molar-refractivity contribution in [2.75, 3.05) is 0 Å². The van der Waals surface area contributed by atoms with E-state index < -0.39 is 7.25 Å². The molecule has 0 unspecified atom stereocenters. The molecule has 3 aromatic rings. The van der Waals surface area contributed by atoms with Gasteiger partial charge in [-0.3, -0.25) is 0 Å². The van der Waals surface area contributed by atoms with Crippen molar-refractivity contribution in [3.8, 4) is 16.8 Å². The molecule has 6 heteroatoms. The Morgan fingerprint density at radius 3 is 1.50 bits per heavy atom. The van der Waals surface area contributed by atoms with Crippen molar-refractivity contribution in [2.24, 2.45) is 0 Å². The number of hydrogen-bond donors (Lipinski definition) is 0. The van der Waals surface area contributed by atoms with E-state index in [9.17, 15) is 17.3 Å². The lowest BCUT2D eigenvalue weighted by Gasteiger charge is -2.12. The zero-order valence-corrected chi connectivity index (χ0v) is 16.7. The van der Waals surface area contributed by atoms with Gasteiger partial charge in [-0.2, -0.15) is 4.57 Å². The molecule has 0 spiro atoms. The van der Waals surface area contributed by atoms with Crippen LogP contribution in [0.1, 0.15) is 28.1 Å². The second-order valence-corrected chi connectivity index (χ2v) is 6.97. The third kappa shape index (κ3) is 5.68. The van der Waals surface area contributed by atoms with Crippen molar-refractivity contribution in [1.29, 1.82) is 0 Å². The Morgan fingerprint density at radius 1 is 0.643 bits per heavy atom. The third-order valence-corrected chi connectivity index (χ3v) is 4.40. The van der Waals surface area contributed by atoms with E-state index in [0.717, 1.165) is 0 Å². The smallest absolute Gasteiger partial charge is 0.418 e. The number of pyridine rings is 1. The SMILES string of the molecule is Cc1cc(C)c(-[n+]2c(C)cc(-c3ccccc3)cc2C)c(C)c1.F[B-](F)(F)F. The maximum absolute atomic E-state index is 9.75. The van der Waals surface area contributed by atoms with Gasteiger partial charge in [-0.1, -0.05) is 35.9 Å². The van der Waals surface area contributed by atoms with Gasteiger partial charge in [0.1, 0.15) is 0 Å². The fourth-order valence-corrected chi connectivity index (χ4v) is 3.57. The predicted molar refractivity (Wildman–Crippen MR) is 107 cm³/mol. The van der Waals surface area contributed by atoms with Crippen LogP contribution in [0.25, 0.3) is 16.8 Å². The molecule has 3 rings (SSSR count). The van der Waals surface area contributed by atoms with Gasteiger partial charge < -0.3 is 17.3 Å². The largest absolute Gasteiger partial charge is 0.673 e. The zero-order chi connectivity index (χ0) is 21.1. The summed E-state index contributed by atoms with van der Waals surface area (Å²) in [5.74, 6) is 0. The fourth-order valence-electron chi connectivity index (χ4n) is 3.57. The third-order valence-electron chi connectivity index (χ3n) is 4.40. The van der Waals surface area contributed by atoms with Crippen molar-refractivity contribution >= 4 is 7.25 Å². The maximum atomic E-state index is 9.75. The minimum atomic E-state index is -6.00. The van der Waals surface area contributed by atoms with E-state index in [0.29, 0.717) is 0 Å². The molecule has 0 aliphatic heterocycles. The molecule has 0 aliphatic carbocycles. The number of benzene rings is 2. The van der Waals surface area contributed by atoms with Crippen LogP contribution in [0, 0.1) is 34.6 Å². The number of aryl methyl sites for hydroxylation is 5. The molecule has 0 amide bonds. The van der Waals surface area contributed by atoms with E-state index in [4.69, 9.17) is 0 Å². The molecule has 1 heterocycles. The summed E-state index contributed by atoms with van der Waals surface area (Å²) in [7, 11) is -6.00. The first kappa shape index (κ1) is 21.7. The van der Waals surface area contributed by atoms with Crippen molar-refractivity contribution in [3.05, 3.63) is 82.7 Å². The van der Waals surface area contributed by atoms with E-state index in [-0.39, 0.29) is 0 Å². The van der Waals surface area contributed by atoms with Crippen LogP contribution in [0.3, 0.4) is 0 Å². The molecular weight excluding hydrogens is 365 g/mol. The molecule has 0 radical (unpaired) electrons. The Balaban J connectivity index is 0.000000500. The van der Waals surface area contributed by atoms with Gasteiger partial charge in [-0.15, -0.1) is 0 Å². The molecule has 0 N–H and O–H groups in total. The summed E-state index contributed by atoms with van der Waals surface area (Å²) in [6.07, 6.45) is 0. The van der Waals surface area contributed by atoms with Crippen molar-refractivity contribution in [2.45, 2.75) is 34.6 Å². The minimum absolute atomic E-state index is 1.26. The highest BCUT2D eigenvalue weighted by Gasteiger charge is 2.21. The van der Waals surface area contributed by atoms with Crippen LogP contribution in [0.5, 0.6) is 0 Å². The second-order valence-electron chi connectivity index (χ2n) is 6.97. The molecule has 0 bridgehead atoms. The summed E-state index contributed by atoms with van der Waals surface area (Å²) < 4.78 is 41.4. The summed E-state index contributed by atoms with van der Waals surface area (Å²) in [6.45, 7) is 10.9. The van der Waals surface area contributed by atoms with Crippen LogP contribution in [-0.4, -0.2) is 7.25 Å². The summed E-state index contributed by atoms with van der Waals surface area (Å²) in [4.78, 5) is 0. The fraction of sp³-hybridized carbons (Fsp3) is 0.227. The average molecular weight is 389 g/mol. The van der Waals surface area contributed by atoms with E-state index in [1.54, 1.807) is 0 Å². The first-order valence-corrected chi connectivity index (χ1v) is 9.01. The highest BCUT2D eigenvalue weighted by Crippen LogP contribution is 2.23. The molecule has 0 atom stereocenters. The Morgan fingerprint density at radius 2 is 1.07 bits per heavy atom. The van der Waals surface area contributed by atoms with E-state index in [2.05, 4.69) is 93.8 Å². The summed E-state index contributed by atoms with van der Waals surface area (Å²) in [6, 6.07) is 19.7. The number of nitrogens with zero attached hydrogens (tertiary/aromatic N) is 1. The maximum Gasteiger partial charge on any atom is 0.673 e. The molecule has 0 saturated heterocycles. The quantitative estimate of drug-likeness (QED) is 0.269. The van der Waals surface area contributed by atoms with Gasteiger partial charge in [0.05, 0.1) is 0 Å². The van der Waals surface area contributed by atoms with Crippen LogP contribution in [0.15, 0.2) is 54.6 Å². The van der Waals surface area contributed by atoms with Crippen LogP contribution in [0.4, 0.5) is 17.3 Å². The molecule has 28 heavy (non-hydrogen) atoms. The molecular formula is C22H24BF4N. The van der Waals surface area contributed by atoms with Gasteiger partial charge in [0.2, 0.25) is 5.69 Å². The van der Waals surface area contributed by atoms with Crippen molar-refractivity contribution in [1.82, 2.24) is 0 Å². The normalized spacial score (nSPS) is 11.0. The van der Waals surface area contributed by atoms with Crippen molar-refractivity contribution in [3.63, 3.8) is 0 Å². The van der Waals surface area contributed by atoms with Crippen LogP contribution in [0.2, 0.25) is 0 Å². The molecule has 0 fully saturated rings. The summed E-state index contributed by atoms with van der Waals surface area (Å²) in [5.41, 5.74) is 10.4. The Hall–Kier alpha value is -2.63. The van der Waals surface area contributed by atoms with Gasteiger partial charge >= 0.3 is 7.25 Å². The molecule has 1 aromatic heterocycles. The minimum Gasteiger partial charge on any atom is -0.418 e. The van der Waals surface area contributed by atoms with E-state index >= 15 is 0 Å². The topological polar surface area (TPSA) is 3.88 Å². The number of halogens is 4. The Kier molecular flexibility index (Phi) is 6.65. The van der Waals surface area contributed by atoms with E-state index in [1.807, 2.05) is 0 Å². The standard InChI is InChI=1S/C22H24N.BF4/c1-15-11-16(2)22(17(3)12-15)23-18(4)13-21(14-19(23)5)20-9-7-6-8-10-20;2-1(3,4)5/h6-14H,1-5H3;/q+1;-1. The summed E-state index contributed by atoms with van der Waals surface area (Å²) >= 11 is 0. The Labute approximate surface area is 163 Å². The lowest BCUT2D eigenvalue weighted by atomic mass is 10.0. The van der Waals surface area contributed by atoms with Gasteiger partial charge in [0, 0.05) is 37.1 Å². The van der Waals surface area contributed by atoms with Crippen LogP contribution < -0.4 is 4.57 Å².